The second-order valence-corrected chi connectivity index (χ2v) is 6.53. The minimum absolute atomic E-state index is 0.0994. The molecule has 0 aliphatic carbocycles. The Hall–Kier alpha value is -2.15. The first-order valence-corrected chi connectivity index (χ1v) is 8.56. The zero-order chi connectivity index (χ0) is 18.5. The van der Waals surface area contributed by atoms with Gasteiger partial charge in [-0.15, -0.1) is 0 Å². The normalized spacial score (nSPS) is 11.6. The van der Waals surface area contributed by atoms with Crippen LogP contribution in [-0.4, -0.2) is 20.2 Å². The van der Waals surface area contributed by atoms with E-state index in [0.29, 0.717) is 27.9 Å². The van der Waals surface area contributed by atoms with Crippen LogP contribution in [0, 0.1) is 5.82 Å². The van der Waals surface area contributed by atoms with E-state index in [9.17, 15) is 4.39 Å². The fourth-order valence-corrected chi connectivity index (χ4v) is 2.82. The number of hydrogen-bond donors (Lipinski definition) is 0. The molecule has 0 spiro atoms. The SMILES string of the molecule is Fc1cc(Cl)cnc1CO/N=C(\Cn1ccnc1)c1ccc(Cl)cc1Cl. The van der Waals surface area contributed by atoms with Gasteiger partial charge in [-0.1, -0.05) is 40.0 Å². The molecule has 26 heavy (non-hydrogen) atoms. The Balaban J connectivity index is 1.83. The van der Waals surface area contributed by atoms with Crippen molar-refractivity contribution in [3.05, 3.63) is 81.3 Å². The first-order chi connectivity index (χ1) is 12.5. The lowest BCUT2D eigenvalue weighted by Crippen LogP contribution is -2.12. The first-order valence-electron chi connectivity index (χ1n) is 7.43. The van der Waals surface area contributed by atoms with Gasteiger partial charge in [0.25, 0.3) is 0 Å². The molecule has 0 aliphatic rings. The van der Waals surface area contributed by atoms with Gasteiger partial charge in [-0.3, -0.25) is 4.98 Å². The summed E-state index contributed by atoms with van der Waals surface area (Å²) in [6.45, 7) is 0.208. The van der Waals surface area contributed by atoms with Crippen LogP contribution in [-0.2, 0) is 18.0 Å². The Morgan fingerprint density at radius 1 is 1.19 bits per heavy atom. The molecular formula is C17H12Cl3FN4O. The number of halogens is 4. The monoisotopic (exact) mass is 412 g/mol. The minimum Gasteiger partial charge on any atom is -0.389 e. The summed E-state index contributed by atoms with van der Waals surface area (Å²) >= 11 is 17.9. The maximum Gasteiger partial charge on any atom is 0.162 e. The number of benzene rings is 1. The maximum atomic E-state index is 13.8. The molecule has 134 valence electrons. The Labute approximate surface area is 164 Å². The van der Waals surface area contributed by atoms with E-state index in [0.717, 1.165) is 0 Å². The third-order valence-electron chi connectivity index (χ3n) is 3.39. The Morgan fingerprint density at radius 3 is 2.73 bits per heavy atom. The number of pyridine rings is 1. The molecule has 2 aromatic heterocycles. The lowest BCUT2D eigenvalue weighted by Gasteiger charge is -2.10. The van der Waals surface area contributed by atoms with Crippen molar-refractivity contribution in [2.45, 2.75) is 13.2 Å². The van der Waals surface area contributed by atoms with E-state index in [1.165, 1.54) is 12.3 Å². The standard InChI is InChI=1S/C17H12Cl3FN4O/c18-11-1-2-13(14(20)5-11)16(8-25-4-3-22-10-25)24-26-9-17-15(21)6-12(19)7-23-17/h1-7,10H,8-9H2/b24-16+. The third kappa shape index (κ3) is 4.72. The summed E-state index contributed by atoms with van der Waals surface area (Å²) in [7, 11) is 0. The van der Waals surface area contributed by atoms with Crippen LogP contribution in [0.1, 0.15) is 11.3 Å². The average Bonchev–Trinajstić information content (AvgIpc) is 3.09. The number of nitrogens with zero attached hydrogens (tertiary/aromatic N) is 4. The lowest BCUT2D eigenvalue weighted by atomic mass is 10.1. The predicted molar refractivity (Wildman–Crippen MR) is 99.2 cm³/mol. The van der Waals surface area contributed by atoms with Gasteiger partial charge in [0.2, 0.25) is 0 Å². The number of rotatable bonds is 6. The highest BCUT2D eigenvalue weighted by molar-refractivity contribution is 6.37. The smallest absolute Gasteiger partial charge is 0.162 e. The van der Waals surface area contributed by atoms with Crippen molar-refractivity contribution >= 4 is 40.5 Å². The van der Waals surface area contributed by atoms with Crippen molar-refractivity contribution in [1.82, 2.24) is 14.5 Å². The van der Waals surface area contributed by atoms with E-state index in [4.69, 9.17) is 39.6 Å². The molecule has 2 heterocycles. The lowest BCUT2D eigenvalue weighted by molar-refractivity contribution is 0.124. The second kappa shape index (κ2) is 8.49. The second-order valence-electron chi connectivity index (χ2n) is 5.25. The molecule has 3 aromatic rings. The third-order valence-corrected chi connectivity index (χ3v) is 4.15. The highest BCUT2D eigenvalue weighted by atomic mass is 35.5. The van der Waals surface area contributed by atoms with E-state index >= 15 is 0 Å². The Bertz CT molecular complexity index is 932. The molecule has 0 N–H and O–H groups in total. The summed E-state index contributed by atoms with van der Waals surface area (Å²) in [4.78, 5) is 13.2. The average molecular weight is 414 g/mol. The molecule has 0 saturated heterocycles. The molecule has 0 atom stereocenters. The topological polar surface area (TPSA) is 52.3 Å². The largest absolute Gasteiger partial charge is 0.389 e. The fraction of sp³-hybridized carbons (Fsp3) is 0.118. The van der Waals surface area contributed by atoms with Crippen LogP contribution in [0.5, 0.6) is 0 Å². The molecule has 0 amide bonds. The zero-order valence-electron chi connectivity index (χ0n) is 13.2. The molecule has 0 fully saturated rings. The van der Waals surface area contributed by atoms with Crippen LogP contribution >= 0.6 is 34.8 Å². The molecule has 3 rings (SSSR count). The van der Waals surface area contributed by atoms with Crippen LogP contribution in [0.15, 0.2) is 54.3 Å². The van der Waals surface area contributed by atoms with Crippen molar-refractivity contribution in [2.24, 2.45) is 5.16 Å². The van der Waals surface area contributed by atoms with Crippen molar-refractivity contribution in [2.75, 3.05) is 0 Å². The summed E-state index contributed by atoms with van der Waals surface area (Å²) in [6, 6.07) is 6.22. The highest BCUT2D eigenvalue weighted by Crippen LogP contribution is 2.22. The van der Waals surface area contributed by atoms with Crippen molar-refractivity contribution < 1.29 is 9.23 Å². The minimum atomic E-state index is -0.562. The van der Waals surface area contributed by atoms with Gasteiger partial charge in [-0.25, -0.2) is 9.37 Å². The molecular weight excluding hydrogens is 402 g/mol. The highest BCUT2D eigenvalue weighted by Gasteiger charge is 2.12. The van der Waals surface area contributed by atoms with E-state index < -0.39 is 5.82 Å². The first kappa shape index (κ1) is 18.6. The van der Waals surface area contributed by atoms with Crippen LogP contribution in [0.3, 0.4) is 0 Å². The van der Waals surface area contributed by atoms with Crippen LogP contribution in [0.4, 0.5) is 4.39 Å². The molecule has 1 aromatic carbocycles. The Kier molecular flexibility index (Phi) is 6.08. The van der Waals surface area contributed by atoms with E-state index in [1.807, 2.05) is 0 Å². The van der Waals surface area contributed by atoms with Gasteiger partial charge in [-0.05, 0) is 24.3 Å². The number of imidazole rings is 1. The Morgan fingerprint density at radius 2 is 2.04 bits per heavy atom. The number of hydrogen-bond acceptors (Lipinski definition) is 4. The summed E-state index contributed by atoms with van der Waals surface area (Å²) < 4.78 is 15.6. The molecule has 0 unspecified atom stereocenters. The van der Waals surface area contributed by atoms with Crippen LogP contribution < -0.4 is 0 Å². The summed E-state index contributed by atoms with van der Waals surface area (Å²) in [5, 5.41) is 5.27. The van der Waals surface area contributed by atoms with Crippen LogP contribution in [0.2, 0.25) is 15.1 Å². The molecule has 0 aliphatic heterocycles. The van der Waals surface area contributed by atoms with Gasteiger partial charge >= 0.3 is 0 Å². The van der Waals surface area contributed by atoms with Gasteiger partial charge in [0.1, 0.15) is 17.2 Å². The van der Waals surface area contributed by atoms with Gasteiger partial charge in [0, 0.05) is 29.2 Å². The van der Waals surface area contributed by atoms with Gasteiger partial charge in [0.05, 0.1) is 22.9 Å². The molecule has 5 nitrogen and oxygen atoms in total. The van der Waals surface area contributed by atoms with E-state index in [1.54, 1.807) is 41.5 Å². The molecule has 9 heteroatoms. The molecule has 0 bridgehead atoms. The van der Waals surface area contributed by atoms with Crippen molar-refractivity contribution in [3.63, 3.8) is 0 Å². The van der Waals surface area contributed by atoms with Gasteiger partial charge in [-0.2, -0.15) is 0 Å². The zero-order valence-corrected chi connectivity index (χ0v) is 15.5. The summed E-state index contributed by atoms with van der Waals surface area (Å²) in [6.07, 6.45) is 6.41. The van der Waals surface area contributed by atoms with Crippen LogP contribution in [0.25, 0.3) is 0 Å². The number of oxime groups is 1. The predicted octanol–water partition coefficient (Wildman–Crippen LogP) is 5.00. The maximum absolute atomic E-state index is 13.8. The fourth-order valence-electron chi connectivity index (χ4n) is 2.16. The van der Waals surface area contributed by atoms with E-state index in [2.05, 4.69) is 15.1 Å². The van der Waals surface area contributed by atoms with Gasteiger partial charge in [0.15, 0.2) is 6.61 Å². The summed E-state index contributed by atoms with van der Waals surface area (Å²) in [5.74, 6) is -0.562. The molecule has 0 saturated carbocycles. The van der Waals surface area contributed by atoms with Gasteiger partial charge < -0.3 is 9.40 Å². The molecule has 0 radical (unpaired) electrons. The number of aromatic nitrogens is 3. The van der Waals surface area contributed by atoms with Crippen molar-refractivity contribution in [3.8, 4) is 0 Å². The quantitative estimate of drug-likeness (QED) is 0.422. The van der Waals surface area contributed by atoms with Crippen molar-refractivity contribution in [1.29, 1.82) is 0 Å². The summed E-state index contributed by atoms with van der Waals surface area (Å²) in [5.41, 5.74) is 1.27. The van der Waals surface area contributed by atoms with E-state index in [-0.39, 0.29) is 17.3 Å².